The van der Waals surface area contributed by atoms with Crippen LogP contribution in [0.1, 0.15) is 46.6 Å². The maximum atomic E-state index is 14.5. The Balaban J connectivity index is 1.19. The molecule has 1 fully saturated rings. The highest BCUT2D eigenvalue weighted by molar-refractivity contribution is 9.10. The maximum absolute atomic E-state index is 14.5. The Labute approximate surface area is 286 Å². The van der Waals surface area contributed by atoms with Gasteiger partial charge in [0.2, 0.25) is 5.91 Å². The van der Waals surface area contributed by atoms with Crippen LogP contribution in [0.2, 0.25) is 10.0 Å². The zero-order valence-electron chi connectivity index (χ0n) is 25.9. The molecule has 2 amide bonds. The Morgan fingerprint density at radius 1 is 0.957 bits per heavy atom. The second-order valence-electron chi connectivity index (χ2n) is 12.6. The van der Waals surface area contributed by atoms with E-state index in [1.165, 1.54) is 11.1 Å². The number of amides is 2. The first-order chi connectivity index (χ1) is 22.0. The first-order valence-electron chi connectivity index (χ1n) is 15.4. The highest BCUT2D eigenvalue weighted by Gasteiger charge is 2.46. The van der Waals surface area contributed by atoms with E-state index in [-0.39, 0.29) is 11.8 Å². The molecule has 2 aliphatic heterocycles. The summed E-state index contributed by atoms with van der Waals surface area (Å²) in [6.07, 6.45) is 1.32. The molecule has 0 spiro atoms. The number of methoxy groups -OCH3 is 1. The SMILES string of the molecule is COc1cc2c(cc1Br)-c1c(c(C(=O)N3CCN(CCN4Cc5ccccc5C4)C(=O)C3(C)C)nn1-c1cc(Cl)cc(Cl)c1)CC2. The lowest BCUT2D eigenvalue weighted by Crippen LogP contribution is -2.65. The van der Waals surface area contributed by atoms with E-state index < -0.39 is 5.54 Å². The molecule has 0 radical (unpaired) electrons. The number of halogens is 3. The van der Waals surface area contributed by atoms with E-state index in [9.17, 15) is 9.59 Å². The third kappa shape index (κ3) is 5.41. The second kappa shape index (κ2) is 12.0. The van der Waals surface area contributed by atoms with Crippen LogP contribution in [0, 0.1) is 0 Å². The fourth-order valence-electron chi connectivity index (χ4n) is 7.05. The van der Waals surface area contributed by atoms with Crippen molar-refractivity contribution in [3.05, 3.63) is 97.1 Å². The number of benzene rings is 3. The second-order valence-corrected chi connectivity index (χ2v) is 14.4. The van der Waals surface area contributed by atoms with Gasteiger partial charge in [-0.1, -0.05) is 47.5 Å². The van der Waals surface area contributed by atoms with Gasteiger partial charge in [0.1, 0.15) is 11.3 Å². The monoisotopic (exact) mass is 721 g/mol. The van der Waals surface area contributed by atoms with Gasteiger partial charge in [0.25, 0.3) is 5.91 Å². The summed E-state index contributed by atoms with van der Waals surface area (Å²) in [5.74, 6) is 0.426. The van der Waals surface area contributed by atoms with Crippen molar-refractivity contribution < 1.29 is 14.3 Å². The topological polar surface area (TPSA) is 70.9 Å². The van der Waals surface area contributed by atoms with E-state index in [2.05, 4.69) is 45.1 Å². The van der Waals surface area contributed by atoms with Crippen molar-refractivity contribution >= 4 is 50.9 Å². The molecular formula is C35H34BrCl2N5O3. The number of ether oxygens (including phenoxy) is 1. The predicted octanol–water partition coefficient (Wildman–Crippen LogP) is 6.79. The van der Waals surface area contributed by atoms with Gasteiger partial charge in [-0.15, -0.1) is 0 Å². The third-order valence-corrected chi connectivity index (χ3v) is 10.5. The Kier molecular flexibility index (Phi) is 8.16. The molecule has 11 heteroatoms. The number of hydrogen-bond donors (Lipinski definition) is 0. The number of piperazine rings is 1. The summed E-state index contributed by atoms with van der Waals surface area (Å²) in [7, 11) is 1.64. The van der Waals surface area contributed by atoms with Crippen molar-refractivity contribution in [2.45, 2.75) is 45.3 Å². The minimum Gasteiger partial charge on any atom is -0.496 e. The van der Waals surface area contributed by atoms with E-state index in [4.69, 9.17) is 33.0 Å². The van der Waals surface area contributed by atoms with Crippen LogP contribution in [0.4, 0.5) is 0 Å². The van der Waals surface area contributed by atoms with Crippen LogP contribution in [0.15, 0.2) is 59.1 Å². The van der Waals surface area contributed by atoms with Crippen LogP contribution in [0.5, 0.6) is 5.75 Å². The molecule has 0 unspecified atom stereocenters. The van der Waals surface area contributed by atoms with Gasteiger partial charge in [-0.3, -0.25) is 14.5 Å². The van der Waals surface area contributed by atoms with Crippen LogP contribution in [-0.2, 0) is 30.7 Å². The normalized spacial score (nSPS) is 17.1. The average Bonchev–Trinajstić information content (AvgIpc) is 3.62. The van der Waals surface area contributed by atoms with E-state index in [1.54, 1.807) is 34.9 Å². The lowest BCUT2D eigenvalue weighted by Gasteiger charge is -2.46. The van der Waals surface area contributed by atoms with Gasteiger partial charge < -0.3 is 14.5 Å². The summed E-state index contributed by atoms with van der Waals surface area (Å²) in [6.45, 7) is 7.75. The van der Waals surface area contributed by atoms with E-state index in [0.29, 0.717) is 53.9 Å². The van der Waals surface area contributed by atoms with Crippen molar-refractivity contribution in [2.75, 3.05) is 33.3 Å². The van der Waals surface area contributed by atoms with Crippen LogP contribution >= 0.6 is 39.1 Å². The molecule has 0 bridgehead atoms. The molecule has 4 aromatic rings. The summed E-state index contributed by atoms with van der Waals surface area (Å²) in [5, 5.41) is 5.87. The lowest BCUT2D eigenvalue weighted by molar-refractivity contribution is -0.146. The zero-order chi connectivity index (χ0) is 32.3. The molecule has 0 atom stereocenters. The molecule has 0 saturated carbocycles. The minimum absolute atomic E-state index is 0.0555. The molecule has 238 valence electrons. The average molecular weight is 723 g/mol. The molecule has 46 heavy (non-hydrogen) atoms. The van der Waals surface area contributed by atoms with Gasteiger partial charge in [0.05, 0.1) is 23.0 Å². The molecule has 8 nitrogen and oxygen atoms in total. The molecular weight excluding hydrogens is 689 g/mol. The predicted molar refractivity (Wildman–Crippen MR) is 183 cm³/mol. The van der Waals surface area contributed by atoms with E-state index >= 15 is 0 Å². The fourth-order valence-corrected chi connectivity index (χ4v) is 8.07. The number of aromatic nitrogens is 2. The first kappa shape index (κ1) is 31.2. The Hall–Kier alpha value is -3.37. The smallest absolute Gasteiger partial charge is 0.275 e. The standard InChI is InChI=1S/C35H34BrCl2N5O3/c1-35(2)34(45)41(11-10-40-19-22-6-4-5-7-23(22)20-40)12-13-42(35)33(44)31-27-9-8-21-14-30(46-3)29(36)18-28(21)32(27)43(39-31)26-16-24(37)15-25(38)17-26/h4-7,14-18H,8-13,19-20H2,1-3H3. The molecule has 3 heterocycles. The number of carbonyl (C=O) groups is 2. The van der Waals surface area contributed by atoms with Gasteiger partial charge in [0, 0.05) is 60.4 Å². The summed E-state index contributed by atoms with van der Waals surface area (Å²) in [5.41, 5.74) is 6.33. The van der Waals surface area contributed by atoms with E-state index in [1.807, 2.05) is 30.9 Å². The highest BCUT2D eigenvalue weighted by atomic mass is 79.9. The molecule has 1 aliphatic carbocycles. The quantitative estimate of drug-likeness (QED) is 0.219. The Bertz CT molecular complexity index is 1840. The van der Waals surface area contributed by atoms with Gasteiger partial charge in [-0.25, -0.2) is 4.68 Å². The number of rotatable bonds is 6. The van der Waals surface area contributed by atoms with Crippen LogP contribution in [-0.4, -0.2) is 75.1 Å². The first-order valence-corrected chi connectivity index (χ1v) is 17.0. The van der Waals surface area contributed by atoms with Gasteiger partial charge in [-0.05, 0) is 89.6 Å². The molecule has 1 aromatic heterocycles. The van der Waals surface area contributed by atoms with Crippen LogP contribution in [0.25, 0.3) is 16.9 Å². The van der Waals surface area contributed by atoms with Crippen molar-refractivity contribution in [2.24, 2.45) is 0 Å². The fraction of sp³-hybridized carbons (Fsp3) is 0.343. The van der Waals surface area contributed by atoms with Crippen LogP contribution < -0.4 is 4.74 Å². The molecule has 3 aromatic carbocycles. The number of carbonyl (C=O) groups excluding carboxylic acids is 2. The highest BCUT2D eigenvalue weighted by Crippen LogP contribution is 2.42. The van der Waals surface area contributed by atoms with Crippen molar-refractivity contribution in [1.82, 2.24) is 24.5 Å². The Morgan fingerprint density at radius 2 is 1.65 bits per heavy atom. The lowest BCUT2D eigenvalue weighted by atomic mass is 9.88. The number of nitrogens with zero attached hydrogens (tertiary/aromatic N) is 5. The van der Waals surface area contributed by atoms with Gasteiger partial charge >= 0.3 is 0 Å². The Morgan fingerprint density at radius 3 is 2.33 bits per heavy atom. The number of aryl methyl sites for hydroxylation is 1. The molecule has 0 N–H and O–H groups in total. The van der Waals surface area contributed by atoms with E-state index in [0.717, 1.165) is 52.2 Å². The largest absolute Gasteiger partial charge is 0.496 e. The summed E-state index contributed by atoms with van der Waals surface area (Å²) in [4.78, 5) is 34.3. The van der Waals surface area contributed by atoms with Crippen molar-refractivity contribution in [3.63, 3.8) is 0 Å². The third-order valence-electron chi connectivity index (χ3n) is 9.47. The molecule has 3 aliphatic rings. The minimum atomic E-state index is -1.04. The molecule has 7 rings (SSSR count). The van der Waals surface area contributed by atoms with Crippen molar-refractivity contribution in [1.29, 1.82) is 0 Å². The number of hydrogen-bond acceptors (Lipinski definition) is 5. The summed E-state index contributed by atoms with van der Waals surface area (Å²) in [6, 6.07) is 17.8. The summed E-state index contributed by atoms with van der Waals surface area (Å²) < 4.78 is 8.13. The van der Waals surface area contributed by atoms with Gasteiger partial charge in [-0.2, -0.15) is 5.10 Å². The van der Waals surface area contributed by atoms with Crippen LogP contribution in [0.3, 0.4) is 0 Å². The summed E-state index contributed by atoms with van der Waals surface area (Å²) >= 11 is 16.5. The maximum Gasteiger partial charge on any atom is 0.275 e. The van der Waals surface area contributed by atoms with Crippen molar-refractivity contribution in [3.8, 4) is 22.7 Å². The number of fused-ring (bicyclic) bond motifs is 4. The van der Waals surface area contributed by atoms with Gasteiger partial charge in [0.15, 0.2) is 5.69 Å². The molecule has 1 saturated heterocycles. The zero-order valence-corrected chi connectivity index (χ0v) is 29.0.